The maximum atomic E-state index is 12.8. The van der Waals surface area contributed by atoms with E-state index < -0.39 is 23.9 Å². The van der Waals surface area contributed by atoms with Crippen LogP contribution in [0, 0.1) is 5.92 Å². The summed E-state index contributed by atoms with van der Waals surface area (Å²) in [5.41, 5.74) is 11.4. The summed E-state index contributed by atoms with van der Waals surface area (Å²) >= 11 is 3.43. The Labute approximate surface area is 189 Å². The first kappa shape index (κ1) is 21.3. The average molecular weight is 480 g/mol. The van der Waals surface area contributed by atoms with Gasteiger partial charge in [-0.05, 0) is 40.3 Å². The molecule has 31 heavy (non-hydrogen) atoms. The quantitative estimate of drug-likeness (QED) is 0.387. The van der Waals surface area contributed by atoms with Crippen molar-refractivity contribution < 1.29 is 19.4 Å². The average Bonchev–Trinajstić information content (AvgIpc) is 3.07. The lowest BCUT2D eigenvalue weighted by molar-refractivity contribution is -0.159. The fourth-order valence-corrected chi connectivity index (χ4v) is 4.64. The van der Waals surface area contributed by atoms with Gasteiger partial charge >= 0.3 is 11.9 Å². The number of carboxylic acid groups (broad SMARTS) is 1. The van der Waals surface area contributed by atoms with E-state index in [9.17, 15) is 14.7 Å². The smallest absolute Gasteiger partial charge is 0.321 e. The van der Waals surface area contributed by atoms with Gasteiger partial charge in [0.2, 0.25) is 0 Å². The Morgan fingerprint density at radius 2 is 1.48 bits per heavy atom. The lowest BCUT2D eigenvalue weighted by Crippen LogP contribution is -2.43. The highest BCUT2D eigenvalue weighted by Crippen LogP contribution is 2.44. The summed E-state index contributed by atoms with van der Waals surface area (Å²) in [7, 11) is 0. The van der Waals surface area contributed by atoms with Gasteiger partial charge in [0.1, 0.15) is 6.61 Å². The van der Waals surface area contributed by atoms with Gasteiger partial charge < -0.3 is 15.6 Å². The van der Waals surface area contributed by atoms with Crippen LogP contribution in [0.25, 0.3) is 11.1 Å². The van der Waals surface area contributed by atoms with Crippen molar-refractivity contribution in [2.24, 2.45) is 11.7 Å². The monoisotopic (exact) mass is 479 g/mol. The van der Waals surface area contributed by atoms with E-state index in [4.69, 9.17) is 10.5 Å². The molecule has 0 fully saturated rings. The Balaban J connectivity index is 1.50. The second-order valence-electron chi connectivity index (χ2n) is 7.63. The molecular formula is C25H22BrNO4. The van der Waals surface area contributed by atoms with Crippen LogP contribution in [0.5, 0.6) is 0 Å². The Kier molecular flexibility index (Phi) is 6.20. The summed E-state index contributed by atoms with van der Waals surface area (Å²) in [4.78, 5) is 24.6. The van der Waals surface area contributed by atoms with Crippen molar-refractivity contribution in [3.63, 3.8) is 0 Å². The molecule has 0 heterocycles. The molecular weight excluding hydrogens is 458 g/mol. The molecule has 0 aliphatic heterocycles. The summed E-state index contributed by atoms with van der Waals surface area (Å²) in [5, 5.41) is 9.68. The SMILES string of the molecule is NC(Cc1ccccc1Br)[C@@H](C(=O)O)C(=O)OCC1c2ccccc2-c2ccccc21. The lowest BCUT2D eigenvalue weighted by Gasteiger charge is -2.21. The Morgan fingerprint density at radius 1 is 0.935 bits per heavy atom. The molecule has 2 atom stereocenters. The van der Waals surface area contributed by atoms with Gasteiger partial charge in [0.05, 0.1) is 0 Å². The van der Waals surface area contributed by atoms with Gasteiger partial charge in [0, 0.05) is 16.4 Å². The van der Waals surface area contributed by atoms with Crippen molar-refractivity contribution >= 4 is 27.9 Å². The van der Waals surface area contributed by atoms with Gasteiger partial charge in [-0.25, -0.2) is 0 Å². The predicted molar refractivity (Wildman–Crippen MR) is 122 cm³/mol. The van der Waals surface area contributed by atoms with E-state index >= 15 is 0 Å². The molecule has 0 radical (unpaired) electrons. The number of rotatable bonds is 7. The van der Waals surface area contributed by atoms with Crippen molar-refractivity contribution in [1.82, 2.24) is 0 Å². The van der Waals surface area contributed by atoms with E-state index in [0.29, 0.717) is 0 Å². The summed E-state index contributed by atoms with van der Waals surface area (Å²) in [6, 6.07) is 22.5. The highest BCUT2D eigenvalue weighted by molar-refractivity contribution is 9.10. The number of hydrogen-bond donors (Lipinski definition) is 2. The van der Waals surface area contributed by atoms with Crippen LogP contribution in [0.15, 0.2) is 77.3 Å². The van der Waals surface area contributed by atoms with E-state index in [1.54, 1.807) is 0 Å². The minimum Gasteiger partial charge on any atom is -0.481 e. The fourth-order valence-electron chi connectivity index (χ4n) is 4.19. The second-order valence-corrected chi connectivity index (χ2v) is 8.49. The van der Waals surface area contributed by atoms with Crippen LogP contribution in [0.3, 0.4) is 0 Å². The molecule has 0 saturated carbocycles. The van der Waals surface area contributed by atoms with Crippen LogP contribution in [0.4, 0.5) is 0 Å². The Hall–Kier alpha value is -2.96. The first-order chi connectivity index (χ1) is 15.0. The van der Waals surface area contributed by atoms with Crippen LogP contribution in [0.1, 0.15) is 22.6 Å². The molecule has 1 aliphatic carbocycles. The molecule has 3 aromatic carbocycles. The van der Waals surface area contributed by atoms with Gasteiger partial charge in [0.25, 0.3) is 0 Å². The molecule has 6 heteroatoms. The second kappa shape index (κ2) is 9.04. The first-order valence-electron chi connectivity index (χ1n) is 10.0. The van der Waals surface area contributed by atoms with Crippen molar-refractivity contribution in [1.29, 1.82) is 0 Å². The molecule has 1 unspecified atom stereocenters. The van der Waals surface area contributed by atoms with Crippen LogP contribution in [-0.2, 0) is 20.7 Å². The van der Waals surface area contributed by atoms with Crippen LogP contribution in [-0.4, -0.2) is 29.7 Å². The summed E-state index contributed by atoms with van der Waals surface area (Å²) in [6.07, 6.45) is 0.239. The van der Waals surface area contributed by atoms with Crippen molar-refractivity contribution in [3.05, 3.63) is 94.0 Å². The summed E-state index contributed by atoms with van der Waals surface area (Å²) in [5.74, 6) is -3.67. The number of esters is 1. The fraction of sp³-hybridized carbons (Fsp3) is 0.200. The van der Waals surface area contributed by atoms with E-state index in [0.717, 1.165) is 32.3 Å². The number of carboxylic acids is 1. The van der Waals surface area contributed by atoms with Crippen LogP contribution >= 0.6 is 15.9 Å². The molecule has 1 aliphatic rings. The van der Waals surface area contributed by atoms with Crippen LogP contribution in [0.2, 0.25) is 0 Å². The van der Waals surface area contributed by atoms with E-state index in [2.05, 4.69) is 15.9 Å². The number of aliphatic carboxylic acids is 1. The standard InChI is InChI=1S/C25H22BrNO4/c26-21-12-6-1-7-15(21)13-22(27)23(24(28)29)25(30)31-14-20-18-10-4-2-8-16(18)17-9-3-5-11-19(17)20/h1-12,20,22-23H,13-14,27H2,(H,28,29)/t22?,23-/m0/s1. The van der Waals surface area contributed by atoms with Crippen molar-refractivity contribution in [2.75, 3.05) is 6.61 Å². The minimum absolute atomic E-state index is 0.0678. The van der Waals surface area contributed by atoms with E-state index in [1.807, 2.05) is 72.8 Å². The largest absolute Gasteiger partial charge is 0.481 e. The molecule has 158 valence electrons. The molecule has 5 nitrogen and oxygen atoms in total. The molecule has 0 saturated heterocycles. The normalized spacial score (nSPS) is 14.4. The van der Waals surface area contributed by atoms with Gasteiger partial charge in [-0.2, -0.15) is 0 Å². The van der Waals surface area contributed by atoms with Crippen molar-refractivity contribution in [2.45, 2.75) is 18.4 Å². The van der Waals surface area contributed by atoms with Crippen molar-refractivity contribution in [3.8, 4) is 11.1 Å². The number of ether oxygens (including phenoxy) is 1. The van der Waals surface area contributed by atoms with Gasteiger partial charge in [0.15, 0.2) is 5.92 Å². The molecule has 0 amide bonds. The number of benzene rings is 3. The first-order valence-corrected chi connectivity index (χ1v) is 10.8. The zero-order chi connectivity index (χ0) is 22.0. The van der Waals surface area contributed by atoms with Crippen LogP contribution < -0.4 is 5.73 Å². The lowest BCUT2D eigenvalue weighted by atomic mass is 9.94. The molecule has 3 N–H and O–H groups in total. The third-order valence-corrected chi connectivity index (χ3v) is 6.49. The maximum absolute atomic E-state index is 12.8. The van der Waals surface area contributed by atoms with E-state index in [-0.39, 0.29) is 18.9 Å². The highest BCUT2D eigenvalue weighted by atomic mass is 79.9. The minimum atomic E-state index is -1.45. The number of hydrogen-bond acceptors (Lipinski definition) is 4. The molecule has 0 aromatic heterocycles. The number of fused-ring (bicyclic) bond motifs is 3. The summed E-state index contributed by atoms with van der Waals surface area (Å²) in [6.45, 7) is 0.0678. The topological polar surface area (TPSA) is 89.6 Å². The zero-order valence-electron chi connectivity index (χ0n) is 16.7. The Morgan fingerprint density at radius 3 is 2.06 bits per heavy atom. The maximum Gasteiger partial charge on any atom is 0.321 e. The van der Waals surface area contributed by atoms with Gasteiger partial charge in [-0.3, -0.25) is 9.59 Å². The molecule has 0 bridgehead atoms. The number of halogens is 1. The van der Waals surface area contributed by atoms with Gasteiger partial charge in [-0.15, -0.1) is 0 Å². The third kappa shape index (κ3) is 4.27. The Bertz CT molecular complexity index is 1080. The number of carbonyl (C=O) groups is 2. The van der Waals surface area contributed by atoms with E-state index in [1.165, 1.54) is 0 Å². The molecule has 3 aromatic rings. The number of carbonyl (C=O) groups excluding carboxylic acids is 1. The predicted octanol–water partition coefficient (Wildman–Crippen LogP) is 4.38. The third-order valence-electron chi connectivity index (χ3n) is 5.72. The zero-order valence-corrected chi connectivity index (χ0v) is 18.3. The number of nitrogens with two attached hydrogens (primary N) is 1. The van der Waals surface area contributed by atoms with Gasteiger partial charge in [-0.1, -0.05) is 82.7 Å². The molecule has 4 rings (SSSR count). The summed E-state index contributed by atoms with van der Waals surface area (Å²) < 4.78 is 6.36. The highest BCUT2D eigenvalue weighted by Gasteiger charge is 2.36. The molecule has 0 spiro atoms.